The summed E-state index contributed by atoms with van der Waals surface area (Å²) in [6.45, 7) is 5.66. The third-order valence-corrected chi connectivity index (χ3v) is 6.78. The number of fused-ring (bicyclic) bond motifs is 1. The Kier molecular flexibility index (Phi) is 8.32. The molecule has 0 bridgehead atoms. The lowest BCUT2D eigenvalue weighted by Gasteiger charge is -2.33. The van der Waals surface area contributed by atoms with Gasteiger partial charge in [-0.1, -0.05) is 25.5 Å². The van der Waals surface area contributed by atoms with Gasteiger partial charge < -0.3 is 25.5 Å². The van der Waals surface area contributed by atoms with Crippen LogP contribution in [0, 0.1) is 5.92 Å². The minimum absolute atomic E-state index is 0.00566. The second kappa shape index (κ2) is 11.6. The third-order valence-electron chi connectivity index (χ3n) is 6.78. The van der Waals surface area contributed by atoms with Crippen molar-refractivity contribution >= 4 is 28.6 Å². The van der Waals surface area contributed by atoms with Crippen molar-refractivity contribution in [2.24, 2.45) is 5.92 Å². The van der Waals surface area contributed by atoms with E-state index in [-0.39, 0.29) is 29.9 Å². The summed E-state index contributed by atoms with van der Waals surface area (Å²) in [4.78, 5) is 39.9. The molecule has 11 nitrogen and oxygen atoms in total. The van der Waals surface area contributed by atoms with Crippen LogP contribution >= 0.6 is 0 Å². The fraction of sp³-hybridized carbons (Fsp3) is 0.538. The van der Waals surface area contributed by atoms with E-state index in [1.54, 1.807) is 4.57 Å². The first-order chi connectivity index (χ1) is 17.7. The molecule has 1 saturated heterocycles. The van der Waals surface area contributed by atoms with Gasteiger partial charge in [-0.3, -0.25) is 14.3 Å². The number of unbranched alkanes of at least 4 members (excludes halogenated alkanes) is 1. The van der Waals surface area contributed by atoms with E-state index in [0.29, 0.717) is 24.3 Å². The van der Waals surface area contributed by atoms with Crippen LogP contribution in [0.4, 0.5) is 11.5 Å². The second-order valence-corrected chi connectivity index (χ2v) is 10.0. The number of piperidine rings is 1. The number of carboxylic acid groups (broad SMARTS) is 1. The highest BCUT2D eigenvalue weighted by Gasteiger charge is 2.24. The molecule has 0 radical (unpaired) electrons. The maximum Gasteiger partial charge on any atom is 0.327 e. The van der Waals surface area contributed by atoms with Crippen LogP contribution in [0.5, 0.6) is 6.01 Å². The quantitative estimate of drug-likeness (QED) is 0.331. The van der Waals surface area contributed by atoms with Gasteiger partial charge in [-0.05, 0) is 48.9 Å². The van der Waals surface area contributed by atoms with E-state index < -0.39 is 5.97 Å². The first-order valence-electron chi connectivity index (χ1n) is 12.9. The van der Waals surface area contributed by atoms with Crippen molar-refractivity contribution in [1.29, 1.82) is 0 Å². The van der Waals surface area contributed by atoms with Crippen molar-refractivity contribution in [3.8, 4) is 6.01 Å². The number of ether oxygens (including phenoxy) is 1. The molecule has 1 aliphatic heterocycles. The van der Waals surface area contributed by atoms with Gasteiger partial charge in [0.05, 0.1) is 13.0 Å². The van der Waals surface area contributed by atoms with Crippen molar-refractivity contribution in [3.63, 3.8) is 0 Å². The summed E-state index contributed by atoms with van der Waals surface area (Å²) >= 11 is 0. The van der Waals surface area contributed by atoms with Crippen LogP contribution in [0.1, 0.15) is 43.7 Å². The van der Waals surface area contributed by atoms with E-state index in [2.05, 4.69) is 26.8 Å². The number of carboxylic acids is 1. The first kappa shape index (κ1) is 26.5. The standard InChI is InChI=1S/C26H37N7O4/c1-4-5-11-37-25-29-23(27)22-24(30-25)33(26(36)28-22)15-18-7-6-10-32(14-18)16-19-9-8-17(13-21(34)35)12-20(19)31(2)3/h8-9,12,18H,4-7,10-11,13-16H2,1-3H3,(H,28,36)(H,34,35)(H2,27,29,30). The predicted molar refractivity (Wildman–Crippen MR) is 143 cm³/mol. The molecule has 11 heteroatoms. The Morgan fingerprint density at radius 1 is 1.32 bits per heavy atom. The summed E-state index contributed by atoms with van der Waals surface area (Å²) in [5.41, 5.74) is 9.74. The number of nitrogens with one attached hydrogen (secondary N) is 1. The number of aliphatic carboxylic acids is 1. The number of rotatable bonds is 11. The number of aromatic nitrogens is 4. The van der Waals surface area contributed by atoms with Crippen molar-refractivity contribution in [2.45, 2.75) is 52.1 Å². The summed E-state index contributed by atoms with van der Waals surface area (Å²) in [5.74, 6) is -0.365. The number of hydrogen-bond acceptors (Lipinski definition) is 8. The highest BCUT2D eigenvalue weighted by molar-refractivity contribution is 5.81. The van der Waals surface area contributed by atoms with Gasteiger partial charge in [-0.2, -0.15) is 9.97 Å². The second-order valence-electron chi connectivity index (χ2n) is 10.0. The van der Waals surface area contributed by atoms with Gasteiger partial charge in [0.25, 0.3) is 0 Å². The lowest BCUT2D eigenvalue weighted by molar-refractivity contribution is -0.136. The molecular formula is C26H37N7O4. The number of imidazole rings is 1. The number of nitrogen functional groups attached to an aromatic ring is 1. The van der Waals surface area contributed by atoms with Crippen LogP contribution in [0.15, 0.2) is 23.0 Å². The van der Waals surface area contributed by atoms with E-state index in [1.165, 1.54) is 0 Å². The Morgan fingerprint density at radius 2 is 2.14 bits per heavy atom. The van der Waals surface area contributed by atoms with Crippen LogP contribution in [0.3, 0.4) is 0 Å². The fourth-order valence-corrected chi connectivity index (χ4v) is 4.96. The minimum Gasteiger partial charge on any atom is -0.481 e. The molecular weight excluding hydrogens is 474 g/mol. The van der Waals surface area contributed by atoms with Crippen LogP contribution < -0.4 is 21.1 Å². The number of benzene rings is 1. The number of anilines is 2. The average Bonchev–Trinajstić information content (AvgIpc) is 3.15. The molecule has 200 valence electrons. The Labute approximate surface area is 216 Å². The average molecular weight is 512 g/mol. The summed E-state index contributed by atoms with van der Waals surface area (Å²) in [7, 11) is 3.94. The van der Waals surface area contributed by atoms with Crippen molar-refractivity contribution in [3.05, 3.63) is 39.8 Å². The summed E-state index contributed by atoms with van der Waals surface area (Å²) < 4.78 is 7.31. The molecule has 1 aromatic carbocycles. The maximum atomic E-state index is 12.8. The van der Waals surface area contributed by atoms with Gasteiger partial charge in [0.15, 0.2) is 11.5 Å². The van der Waals surface area contributed by atoms with Crippen molar-refractivity contribution < 1.29 is 14.6 Å². The lowest BCUT2D eigenvalue weighted by Crippen LogP contribution is -2.38. The molecule has 1 fully saturated rings. The number of aromatic amines is 1. The largest absolute Gasteiger partial charge is 0.481 e. The SMILES string of the molecule is CCCCOc1nc(N)c2[nH]c(=O)n(CC3CCCN(Cc4ccc(CC(=O)O)cc4N(C)C)C3)c2n1. The Bertz CT molecular complexity index is 1300. The monoisotopic (exact) mass is 511 g/mol. The number of nitrogens with two attached hydrogens (primary N) is 1. The highest BCUT2D eigenvalue weighted by atomic mass is 16.5. The number of likely N-dealkylation sites (tertiary alicyclic amines) is 1. The molecule has 4 rings (SSSR count). The molecule has 0 amide bonds. The van der Waals surface area contributed by atoms with Gasteiger partial charge in [0.2, 0.25) is 0 Å². The van der Waals surface area contributed by atoms with E-state index in [1.807, 2.05) is 37.2 Å². The predicted octanol–water partition coefficient (Wildman–Crippen LogP) is 2.49. The van der Waals surface area contributed by atoms with Gasteiger partial charge in [0.1, 0.15) is 5.52 Å². The van der Waals surface area contributed by atoms with E-state index >= 15 is 0 Å². The van der Waals surface area contributed by atoms with E-state index in [9.17, 15) is 9.59 Å². The Morgan fingerprint density at radius 3 is 2.86 bits per heavy atom. The molecule has 37 heavy (non-hydrogen) atoms. The zero-order valence-electron chi connectivity index (χ0n) is 21.9. The smallest absolute Gasteiger partial charge is 0.327 e. The fourth-order valence-electron chi connectivity index (χ4n) is 4.96. The zero-order valence-corrected chi connectivity index (χ0v) is 21.9. The molecule has 0 aliphatic carbocycles. The number of carbonyl (C=O) groups is 1. The molecule has 3 heterocycles. The normalized spacial score (nSPS) is 16.2. The molecule has 1 atom stereocenters. The van der Waals surface area contributed by atoms with Crippen LogP contribution in [0.2, 0.25) is 0 Å². The van der Waals surface area contributed by atoms with Crippen LogP contribution in [-0.4, -0.2) is 69.3 Å². The number of H-pyrrole nitrogens is 1. The zero-order chi connectivity index (χ0) is 26.5. The van der Waals surface area contributed by atoms with E-state index in [0.717, 1.165) is 62.1 Å². The minimum atomic E-state index is -0.837. The topological polar surface area (TPSA) is 143 Å². The first-order valence-corrected chi connectivity index (χ1v) is 12.9. The van der Waals surface area contributed by atoms with Gasteiger partial charge in [0, 0.05) is 39.4 Å². The van der Waals surface area contributed by atoms with Gasteiger partial charge >= 0.3 is 17.7 Å². The van der Waals surface area contributed by atoms with Gasteiger partial charge in [-0.25, -0.2) is 4.79 Å². The highest BCUT2D eigenvalue weighted by Crippen LogP contribution is 2.27. The number of nitrogens with zero attached hydrogens (tertiary/aromatic N) is 5. The maximum absolute atomic E-state index is 12.8. The van der Waals surface area contributed by atoms with E-state index in [4.69, 9.17) is 15.6 Å². The Hall–Kier alpha value is -3.60. The number of hydrogen-bond donors (Lipinski definition) is 3. The molecule has 1 unspecified atom stereocenters. The van der Waals surface area contributed by atoms with Crippen LogP contribution in [0.25, 0.3) is 11.2 Å². The third kappa shape index (κ3) is 6.40. The van der Waals surface area contributed by atoms with Gasteiger partial charge in [-0.15, -0.1) is 0 Å². The molecule has 3 aromatic rings. The molecule has 0 saturated carbocycles. The molecule has 4 N–H and O–H groups in total. The Balaban J connectivity index is 1.50. The lowest BCUT2D eigenvalue weighted by atomic mass is 9.97. The van der Waals surface area contributed by atoms with Crippen molar-refractivity contribution in [2.75, 3.05) is 44.4 Å². The molecule has 2 aromatic heterocycles. The molecule has 1 aliphatic rings. The summed E-state index contributed by atoms with van der Waals surface area (Å²) in [6, 6.07) is 6.08. The van der Waals surface area contributed by atoms with Crippen LogP contribution in [-0.2, 0) is 24.3 Å². The summed E-state index contributed by atoms with van der Waals surface area (Å²) in [5, 5.41) is 9.16. The molecule has 0 spiro atoms. The summed E-state index contributed by atoms with van der Waals surface area (Å²) in [6.07, 6.45) is 3.92. The van der Waals surface area contributed by atoms with Crippen molar-refractivity contribution in [1.82, 2.24) is 24.4 Å².